The van der Waals surface area contributed by atoms with E-state index in [-0.39, 0.29) is 12.6 Å². The smallest absolute Gasteiger partial charge is 0.321 e. The Morgan fingerprint density at radius 1 is 1.29 bits per heavy atom. The highest BCUT2D eigenvalue weighted by Gasteiger charge is 2.27. The lowest BCUT2D eigenvalue weighted by Crippen LogP contribution is -2.30. The highest BCUT2D eigenvalue weighted by Crippen LogP contribution is 2.25. The van der Waals surface area contributed by atoms with Gasteiger partial charge in [-0.2, -0.15) is 4.98 Å². The summed E-state index contributed by atoms with van der Waals surface area (Å²) in [7, 11) is 1.60. The third kappa shape index (κ3) is 3.41. The van der Waals surface area contributed by atoms with Gasteiger partial charge in [-0.05, 0) is 38.1 Å². The molecular weight excluding hydrogens is 310 g/mol. The number of hydrogen-bond acceptors (Lipinski definition) is 7. The average molecular weight is 329 g/mol. The van der Waals surface area contributed by atoms with Gasteiger partial charge in [-0.1, -0.05) is 17.3 Å². The van der Waals surface area contributed by atoms with Gasteiger partial charge < -0.3 is 24.1 Å². The first-order valence-electron chi connectivity index (χ1n) is 7.49. The van der Waals surface area contributed by atoms with E-state index >= 15 is 0 Å². The summed E-state index contributed by atoms with van der Waals surface area (Å²) in [6, 6.07) is 11.1. The van der Waals surface area contributed by atoms with Crippen LogP contribution in [-0.2, 0) is 5.60 Å². The van der Waals surface area contributed by atoms with Crippen molar-refractivity contribution >= 4 is 6.01 Å². The normalized spacial score (nSPS) is 13.5. The van der Waals surface area contributed by atoms with E-state index in [9.17, 15) is 5.11 Å². The topological polar surface area (TPSA) is 93.6 Å². The molecule has 0 saturated heterocycles. The SMILES string of the molecule is COc1cccc(-c2noc(NCC(C)(O)c3ccc(C)o3)n2)c1. The molecule has 3 aromatic rings. The molecule has 0 bridgehead atoms. The molecule has 0 saturated carbocycles. The number of aliphatic hydroxyl groups is 1. The number of rotatable bonds is 6. The number of aromatic nitrogens is 2. The van der Waals surface area contributed by atoms with Crippen molar-refractivity contribution < 1.29 is 18.8 Å². The molecule has 0 aliphatic heterocycles. The van der Waals surface area contributed by atoms with E-state index in [1.807, 2.05) is 31.2 Å². The van der Waals surface area contributed by atoms with E-state index in [4.69, 9.17) is 13.7 Å². The standard InChI is InChI=1S/C17H19N3O4/c1-11-7-8-14(23-11)17(2,21)10-18-16-19-15(20-24-16)12-5-4-6-13(9-12)22-3/h4-9,21H,10H2,1-3H3,(H,18,19,20). The molecule has 0 aliphatic carbocycles. The van der Waals surface area contributed by atoms with Gasteiger partial charge in [-0.3, -0.25) is 0 Å². The number of aryl methyl sites for hydroxylation is 1. The van der Waals surface area contributed by atoms with Crippen LogP contribution in [0.25, 0.3) is 11.4 Å². The van der Waals surface area contributed by atoms with Gasteiger partial charge in [0.15, 0.2) is 0 Å². The Balaban J connectivity index is 1.70. The lowest BCUT2D eigenvalue weighted by Gasteiger charge is -2.20. The van der Waals surface area contributed by atoms with Crippen molar-refractivity contribution in [2.75, 3.05) is 19.0 Å². The summed E-state index contributed by atoms with van der Waals surface area (Å²) in [5, 5.41) is 17.3. The number of benzene rings is 1. The Labute approximate surface area is 139 Å². The van der Waals surface area contributed by atoms with Gasteiger partial charge in [-0.25, -0.2) is 0 Å². The van der Waals surface area contributed by atoms with Gasteiger partial charge in [-0.15, -0.1) is 0 Å². The van der Waals surface area contributed by atoms with Crippen molar-refractivity contribution in [1.29, 1.82) is 0 Å². The minimum Gasteiger partial charge on any atom is -0.497 e. The molecule has 1 aromatic carbocycles. The average Bonchev–Trinajstić information content (AvgIpc) is 3.22. The minimum absolute atomic E-state index is 0.166. The van der Waals surface area contributed by atoms with Crippen LogP contribution in [0, 0.1) is 6.92 Å². The van der Waals surface area contributed by atoms with Gasteiger partial charge in [0.1, 0.15) is 22.9 Å². The number of furan rings is 1. The molecule has 7 nitrogen and oxygen atoms in total. The molecule has 0 spiro atoms. The van der Waals surface area contributed by atoms with Crippen molar-refractivity contribution in [2.24, 2.45) is 0 Å². The maximum Gasteiger partial charge on any atom is 0.321 e. The molecule has 0 aliphatic rings. The highest BCUT2D eigenvalue weighted by atomic mass is 16.5. The van der Waals surface area contributed by atoms with Crippen LogP contribution in [0.5, 0.6) is 5.75 Å². The van der Waals surface area contributed by atoms with Crippen LogP contribution >= 0.6 is 0 Å². The largest absolute Gasteiger partial charge is 0.497 e. The molecule has 2 heterocycles. The third-order valence-corrected chi connectivity index (χ3v) is 3.61. The predicted molar refractivity (Wildman–Crippen MR) is 87.8 cm³/mol. The zero-order valence-corrected chi connectivity index (χ0v) is 13.7. The second-order valence-corrected chi connectivity index (χ2v) is 5.69. The molecule has 2 aromatic heterocycles. The molecule has 126 valence electrons. The molecular formula is C17H19N3O4. The van der Waals surface area contributed by atoms with E-state index in [1.165, 1.54) is 0 Å². The number of anilines is 1. The van der Waals surface area contributed by atoms with Crippen LogP contribution in [0.3, 0.4) is 0 Å². The van der Waals surface area contributed by atoms with Crippen molar-refractivity contribution in [2.45, 2.75) is 19.4 Å². The lowest BCUT2D eigenvalue weighted by atomic mass is 10.0. The van der Waals surface area contributed by atoms with Crippen molar-refractivity contribution in [3.63, 3.8) is 0 Å². The summed E-state index contributed by atoms with van der Waals surface area (Å²) in [6.45, 7) is 3.64. The Kier molecular flexibility index (Phi) is 4.26. The number of methoxy groups -OCH3 is 1. The van der Waals surface area contributed by atoms with Crippen molar-refractivity contribution in [3.8, 4) is 17.1 Å². The lowest BCUT2D eigenvalue weighted by molar-refractivity contribution is 0.0462. The van der Waals surface area contributed by atoms with Crippen LogP contribution in [0.15, 0.2) is 45.3 Å². The van der Waals surface area contributed by atoms with Gasteiger partial charge in [0, 0.05) is 5.56 Å². The predicted octanol–water partition coefficient (Wildman–Crippen LogP) is 2.97. The van der Waals surface area contributed by atoms with Crippen molar-refractivity contribution in [1.82, 2.24) is 10.1 Å². The van der Waals surface area contributed by atoms with E-state index in [1.54, 1.807) is 26.2 Å². The molecule has 2 N–H and O–H groups in total. The number of ether oxygens (including phenoxy) is 1. The van der Waals surface area contributed by atoms with Crippen LogP contribution < -0.4 is 10.1 Å². The first-order valence-corrected chi connectivity index (χ1v) is 7.49. The summed E-state index contributed by atoms with van der Waals surface area (Å²) < 4.78 is 15.8. The van der Waals surface area contributed by atoms with Gasteiger partial charge in [0.25, 0.3) is 0 Å². The Bertz CT molecular complexity index is 823. The van der Waals surface area contributed by atoms with Crippen molar-refractivity contribution in [3.05, 3.63) is 47.9 Å². The molecule has 3 rings (SSSR count). The number of nitrogens with zero attached hydrogens (tertiary/aromatic N) is 2. The minimum atomic E-state index is -1.20. The first-order chi connectivity index (χ1) is 11.5. The number of nitrogens with one attached hydrogen (secondary N) is 1. The third-order valence-electron chi connectivity index (χ3n) is 3.61. The monoisotopic (exact) mass is 329 g/mol. The number of hydrogen-bond donors (Lipinski definition) is 2. The fourth-order valence-electron chi connectivity index (χ4n) is 2.23. The second-order valence-electron chi connectivity index (χ2n) is 5.69. The maximum atomic E-state index is 10.5. The maximum absolute atomic E-state index is 10.5. The van der Waals surface area contributed by atoms with E-state index in [2.05, 4.69) is 15.5 Å². The van der Waals surface area contributed by atoms with Crippen LogP contribution in [0.1, 0.15) is 18.4 Å². The summed E-state index contributed by atoms with van der Waals surface area (Å²) in [6.07, 6.45) is 0. The zero-order valence-electron chi connectivity index (χ0n) is 13.7. The summed E-state index contributed by atoms with van der Waals surface area (Å²) in [4.78, 5) is 4.27. The Morgan fingerprint density at radius 2 is 2.12 bits per heavy atom. The molecule has 0 fully saturated rings. The zero-order chi connectivity index (χ0) is 17.2. The molecule has 1 atom stereocenters. The van der Waals surface area contributed by atoms with Gasteiger partial charge >= 0.3 is 6.01 Å². The van der Waals surface area contributed by atoms with E-state index < -0.39 is 5.60 Å². The van der Waals surface area contributed by atoms with Crippen LogP contribution in [0.4, 0.5) is 6.01 Å². The van der Waals surface area contributed by atoms with Crippen LogP contribution in [-0.4, -0.2) is 28.9 Å². The summed E-state index contributed by atoms with van der Waals surface area (Å²) in [5.41, 5.74) is -0.418. The van der Waals surface area contributed by atoms with Crippen LogP contribution in [0.2, 0.25) is 0 Å². The molecule has 24 heavy (non-hydrogen) atoms. The Morgan fingerprint density at radius 3 is 2.83 bits per heavy atom. The highest BCUT2D eigenvalue weighted by molar-refractivity contribution is 5.57. The molecule has 1 unspecified atom stereocenters. The molecule has 0 radical (unpaired) electrons. The fraction of sp³-hybridized carbons (Fsp3) is 0.294. The van der Waals surface area contributed by atoms with E-state index in [0.717, 1.165) is 11.3 Å². The van der Waals surface area contributed by atoms with Gasteiger partial charge in [0.2, 0.25) is 5.82 Å². The van der Waals surface area contributed by atoms with E-state index in [0.29, 0.717) is 17.3 Å². The fourth-order valence-corrected chi connectivity index (χ4v) is 2.23. The quantitative estimate of drug-likeness (QED) is 0.718. The Hall–Kier alpha value is -2.80. The summed E-state index contributed by atoms with van der Waals surface area (Å²) >= 11 is 0. The second kappa shape index (κ2) is 6.37. The summed E-state index contributed by atoms with van der Waals surface area (Å²) in [5.74, 6) is 2.36. The van der Waals surface area contributed by atoms with Gasteiger partial charge in [0.05, 0.1) is 13.7 Å². The molecule has 7 heteroatoms. The first kappa shape index (κ1) is 16.1. The molecule has 0 amide bonds.